The molecule has 2 N–H and O–H groups in total. The van der Waals surface area contributed by atoms with Crippen molar-refractivity contribution in [3.8, 4) is 0 Å². The van der Waals surface area contributed by atoms with E-state index in [-0.39, 0.29) is 5.48 Å². The molecule has 144 valence electrons. The van der Waals surface area contributed by atoms with Gasteiger partial charge in [0.15, 0.2) is 0 Å². The van der Waals surface area contributed by atoms with Crippen molar-refractivity contribution in [2.45, 2.75) is 18.0 Å². The molecule has 24 heavy (non-hydrogen) atoms. The number of halogens is 6. The summed E-state index contributed by atoms with van der Waals surface area (Å²) in [5.74, 6) is -15.4. The Labute approximate surface area is 130 Å². The van der Waals surface area contributed by atoms with Gasteiger partial charge < -0.3 is 24.4 Å². The first kappa shape index (κ1) is 26.8. The van der Waals surface area contributed by atoms with Crippen molar-refractivity contribution in [3.63, 3.8) is 0 Å². The number of carbonyl (C=O) groups excluding carboxylic acids is 3. The molecule has 0 rings (SSSR count). The lowest BCUT2D eigenvalue weighted by atomic mass is 10.3. The molecule has 8 nitrogen and oxygen atoms in total. The zero-order valence-corrected chi connectivity index (χ0v) is 12.6. The Kier molecular flexibility index (Phi) is 11.1. The molecule has 0 fully saturated rings. The average molecular weight is 376 g/mol. The molecule has 0 aliphatic rings. The van der Waals surface area contributed by atoms with E-state index < -0.39 is 35.9 Å². The summed E-state index contributed by atoms with van der Waals surface area (Å²) in [6.07, 6.45) is -4.85. The maximum absolute atomic E-state index is 12.3. The van der Waals surface area contributed by atoms with Gasteiger partial charge in [-0.05, 0) is 0 Å². The van der Waals surface area contributed by atoms with Crippen molar-refractivity contribution in [1.82, 2.24) is 0 Å². The van der Waals surface area contributed by atoms with Crippen LogP contribution in [0.4, 0.5) is 26.3 Å². The SMILES string of the molecule is COC(=O)C(F)(F)C(=O)OC.COC(=O)C(F)(F)C(F)(F)OC.O. The number of esters is 3. The minimum absolute atomic E-state index is 0. The molecule has 0 aliphatic carbocycles. The van der Waals surface area contributed by atoms with E-state index >= 15 is 0 Å². The van der Waals surface area contributed by atoms with E-state index in [1.54, 1.807) is 0 Å². The lowest BCUT2D eigenvalue weighted by Crippen LogP contribution is -2.48. The molecule has 0 aromatic carbocycles. The third-order valence-corrected chi connectivity index (χ3v) is 1.95. The lowest BCUT2D eigenvalue weighted by molar-refractivity contribution is -0.329. The third kappa shape index (κ3) is 6.19. The summed E-state index contributed by atoms with van der Waals surface area (Å²) >= 11 is 0. The average Bonchev–Trinajstić information content (AvgIpc) is 2.52. The lowest BCUT2D eigenvalue weighted by Gasteiger charge is -2.21. The van der Waals surface area contributed by atoms with Crippen LogP contribution in [0.5, 0.6) is 0 Å². The number of ether oxygens (including phenoxy) is 4. The van der Waals surface area contributed by atoms with Gasteiger partial charge in [0.05, 0.1) is 21.3 Å². The van der Waals surface area contributed by atoms with Crippen LogP contribution in [0.15, 0.2) is 0 Å². The van der Waals surface area contributed by atoms with E-state index in [2.05, 4.69) is 18.9 Å². The van der Waals surface area contributed by atoms with Crippen molar-refractivity contribution in [1.29, 1.82) is 0 Å². The van der Waals surface area contributed by atoms with Crippen molar-refractivity contribution in [2.75, 3.05) is 28.4 Å². The van der Waals surface area contributed by atoms with Gasteiger partial charge in [0.2, 0.25) is 0 Å². The minimum Gasteiger partial charge on any atom is -0.464 e. The van der Waals surface area contributed by atoms with Crippen molar-refractivity contribution in [3.05, 3.63) is 0 Å². The van der Waals surface area contributed by atoms with Crippen LogP contribution in [0, 0.1) is 0 Å². The predicted octanol–water partition coefficient (Wildman–Crippen LogP) is 0.177. The van der Waals surface area contributed by atoms with Gasteiger partial charge in [-0.2, -0.15) is 26.3 Å². The van der Waals surface area contributed by atoms with E-state index in [0.29, 0.717) is 14.2 Å². The molecule has 0 aromatic rings. The van der Waals surface area contributed by atoms with Crippen molar-refractivity contribution >= 4 is 17.9 Å². The number of hydrogen-bond donors (Lipinski definition) is 0. The zero-order valence-electron chi connectivity index (χ0n) is 12.6. The van der Waals surface area contributed by atoms with E-state index in [1.807, 2.05) is 0 Å². The van der Waals surface area contributed by atoms with Crippen LogP contribution in [-0.2, 0) is 33.3 Å². The van der Waals surface area contributed by atoms with Gasteiger partial charge in [0.25, 0.3) is 0 Å². The first-order valence-electron chi connectivity index (χ1n) is 5.20. The summed E-state index contributed by atoms with van der Waals surface area (Å²) < 4.78 is 87.1. The molecular weight excluding hydrogens is 362 g/mol. The number of carbonyl (C=O) groups is 3. The normalized spacial score (nSPS) is 11.2. The van der Waals surface area contributed by atoms with Crippen molar-refractivity contribution in [2.24, 2.45) is 0 Å². The Morgan fingerprint density at radius 2 is 0.958 bits per heavy atom. The molecule has 0 radical (unpaired) electrons. The molecule has 14 heteroatoms. The number of alkyl halides is 6. The number of rotatable bonds is 5. The van der Waals surface area contributed by atoms with Crippen LogP contribution in [-0.4, -0.2) is 69.8 Å². The topological polar surface area (TPSA) is 120 Å². The first-order valence-corrected chi connectivity index (χ1v) is 5.20. The molecule has 0 heterocycles. The highest BCUT2D eigenvalue weighted by Gasteiger charge is 2.64. The first-order chi connectivity index (χ1) is 10.3. The second kappa shape index (κ2) is 9.92. The van der Waals surface area contributed by atoms with Crippen LogP contribution in [0.25, 0.3) is 0 Å². The summed E-state index contributed by atoms with van der Waals surface area (Å²) in [5, 5.41) is 0. The Balaban J connectivity index is -0.000000354. The van der Waals surface area contributed by atoms with Crippen LogP contribution < -0.4 is 0 Å². The summed E-state index contributed by atoms with van der Waals surface area (Å²) in [7, 11) is 2.43. The monoisotopic (exact) mass is 376 g/mol. The highest BCUT2D eigenvalue weighted by atomic mass is 19.3. The van der Waals surface area contributed by atoms with Gasteiger partial charge in [0.1, 0.15) is 0 Å². The summed E-state index contributed by atoms with van der Waals surface area (Å²) in [4.78, 5) is 30.4. The van der Waals surface area contributed by atoms with Crippen molar-refractivity contribution < 1.29 is 65.1 Å². The molecule has 0 atom stereocenters. The van der Waals surface area contributed by atoms with Crippen LogP contribution in [0.3, 0.4) is 0 Å². The van der Waals surface area contributed by atoms with E-state index in [0.717, 1.165) is 14.2 Å². The Morgan fingerprint density at radius 1 is 0.667 bits per heavy atom. The Morgan fingerprint density at radius 3 is 1.17 bits per heavy atom. The predicted molar refractivity (Wildman–Crippen MR) is 61.5 cm³/mol. The molecule has 0 amide bonds. The highest BCUT2D eigenvalue weighted by Crippen LogP contribution is 2.35. The number of methoxy groups -OCH3 is 4. The fourth-order valence-corrected chi connectivity index (χ4v) is 0.715. The second-order valence-electron chi connectivity index (χ2n) is 3.34. The summed E-state index contributed by atoms with van der Waals surface area (Å²) in [6.45, 7) is 0. The van der Waals surface area contributed by atoms with Gasteiger partial charge in [-0.25, -0.2) is 14.4 Å². The Bertz CT molecular complexity index is 421. The largest absolute Gasteiger partial charge is 0.464 e. The molecule has 0 aliphatic heterocycles. The molecule has 0 unspecified atom stereocenters. The maximum Gasteiger partial charge on any atom is 0.437 e. The molecule has 0 bridgehead atoms. The molecule has 0 spiro atoms. The fraction of sp³-hybridized carbons (Fsp3) is 0.700. The maximum atomic E-state index is 12.3. The molecule has 0 saturated heterocycles. The summed E-state index contributed by atoms with van der Waals surface area (Å²) in [6, 6.07) is 0. The van der Waals surface area contributed by atoms with E-state index in [9.17, 15) is 40.7 Å². The van der Waals surface area contributed by atoms with Crippen LogP contribution in [0.1, 0.15) is 0 Å². The quantitative estimate of drug-likeness (QED) is 0.290. The van der Waals surface area contributed by atoms with Gasteiger partial charge in [-0.15, -0.1) is 0 Å². The Hall–Kier alpha value is -2.09. The summed E-state index contributed by atoms with van der Waals surface area (Å²) in [5.41, 5.74) is 0. The van der Waals surface area contributed by atoms with Crippen LogP contribution in [0.2, 0.25) is 0 Å². The van der Waals surface area contributed by atoms with Crippen LogP contribution >= 0.6 is 0 Å². The van der Waals surface area contributed by atoms with E-state index in [1.165, 1.54) is 0 Å². The minimum atomic E-state index is -4.96. The third-order valence-electron chi connectivity index (χ3n) is 1.95. The molecule has 0 aromatic heterocycles. The molecule has 0 saturated carbocycles. The second-order valence-corrected chi connectivity index (χ2v) is 3.34. The smallest absolute Gasteiger partial charge is 0.437 e. The van der Waals surface area contributed by atoms with Gasteiger partial charge in [-0.3, -0.25) is 0 Å². The zero-order chi connectivity index (χ0) is 19.1. The standard InChI is InChI=1S/C5H6F4O3.C5H6F2O4.H2O/c1-11-3(10)4(6,7)5(8,9)12-2;1-10-3(8)5(6,7)4(9)11-2;/h1-2H3;1-2H3;1H2. The fourth-order valence-electron chi connectivity index (χ4n) is 0.715. The van der Waals surface area contributed by atoms with Gasteiger partial charge >= 0.3 is 35.9 Å². The highest BCUT2D eigenvalue weighted by molar-refractivity contribution is 6.01. The van der Waals surface area contributed by atoms with E-state index in [4.69, 9.17) is 0 Å². The van der Waals surface area contributed by atoms with Gasteiger partial charge in [0, 0.05) is 7.11 Å². The number of hydrogen-bond acceptors (Lipinski definition) is 7. The molecular formula is C10H14F6O8. The van der Waals surface area contributed by atoms with Gasteiger partial charge in [-0.1, -0.05) is 0 Å².